The van der Waals surface area contributed by atoms with Gasteiger partial charge in [-0.1, -0.05) is 42.9 Å². The number of allylic oxidation sites excluding steroid dienone is 1. The van der Waals surface area contributed by atoms with E-state index in [1.54, 1.807) is 43.3 Å². The summed E-state index contributed by atoms with van der Waals surface area (Å²) in [4.78, 5) is 42.5. The second kappa shape index (κ2) is 11.4. The van der Waals surface area contributed by atoms with Crippen LogP contribution in [0.2, 0.25) is 0 Å². The van der Waals surface area contributed by atoms with Crippen LogP contribution in [0.1, 0.15) is 43.9 Å². The molecule has 11 heteroatoms. The summed E-state index contributed by atoms with van der Waals surface area (Å²) in [6.45, 7) is 4.27. The van der Waals surface area contributed by atoms with Crippen LogP contribution in [-0.2, 0) is 9.53 Å². The van der Waals surface area contributed by atoms with Gasteiger partial charge >= 0.3 is 5.97 Å². The number of esters is 1. The molecule has 1 atom stereocenters. The Morgan fingerprint density at radius 1 is 1.21 bits per heavy atom. The summed E-state index contributed by atoms with van der Waals surface area (Å²) in [5, 5.41) is 11.5. The number of unbranched alkanes of at least 4 members (excludes halogenated alkanes) is 1. The number of ether oxygens (including phenoxy) is 3. The van der Waals surface area contributed by atoms with Crippen molar-refractivity contribution < 1.29 is 23.9 Å². The normalized spacial score (nSPS) is 15.1. The third-order valence-corrected chi connectivity index (χ3v) is 7.09. The Balaban J connectivity index is 1.92. The minimum atomic E-state index is -0.856. The van der Waals surface area contributed by atoms with Gasteiger partial charge in [-0.05, 0) is 43.2 Å². The van der Waals surface area contributed by atoms with E-state index >= 15 is 0 Å². The fourth-order valence-corrected chi connectivity index (χ4v) is 5.26. The SMILES string of the molecule is CCCCOc1ccc(C2C(C(=O)OC)=C(C)N=c3sc(=Cc4ccccc4[N+](=O)[O-])c(=O)n32)cc1OC. The number of para-hydroxylation sites is 1. The first-order valence-corrected chi connectivity index (χ1v) is 12.8. The van der Waals surface area contributed by atoms with Gasteiger partial charge in [0.05, 0.1) is 53.2 Å². The second-order valence-electron chi connectivity index (χ2n) is 8.50. The maximum absolute atomic E-state index is 13.7. The number of nitrogens with zero attached hydrogens (tertiary/aromatic N) is 3. The van der Waals surface area contributed by atoms with E-state index in [2.05, 4.69) is 11.9 Å². The number of fused-ring (bicyclic) bond motifs is 1. The van der Waals surface area contributed by atoms with Crippen molar-refractivity contribution in [2.75, 3.05) is 20.8 Å². The number of methoxy groups -OCH3 is 2. The Hall–Kier alpha value is -4.25. The third-order valence-electron chi connectivity index (χ3n) is 6.11. The van der Waals surface area contributed by atoms with Gasteiger partial charge in [-0.3, -0.25) is 19.5 Å². The Kier molecular flexibility index (Phi) is 8.06. The Morgan fingerprint density at radius 3 is 2.66 bits per heavy atom. The zero-order valence-corrected chi connectivity index (χ0v) is 22.2. The van der Waals surface area contributed by atoms with Crippen molar-refractivity contribution in [2.45, 2.75) is 32.7 Å². The first-order chi connectivity index (χ1) is 18.3. The molecule has 0 saturated heterocycles. The lowest BCUT2D eigenvalue weighted by atomic mass is 9.95. The summed E-state index contributed by atoms with van der Waals surface area (Å²) in [6, 6.07) is 10.6. The molecule has 1 unspecified atom stereocenters. The summed E-state index contributed by atoms with van der Waals surface area (Å²) < 4.78 is 18.1. The lowest BCUT2D eigenvalue weighted by Crippen LogP contribution is -2.39. The van der Waals surface area contributed by atoms with Crippen LogP contribution in [0.25, 0.3) is 6.08 Å². The number of carbonyl (C=O) groups excluding carboxylic acids is 1. The van der Waals surface area contributed by atoms with Crippen LogP contribution in [-0.4, -0.2) is 36.3 Å². The largest absolute Gasteiger partial charge is 0.493 e. The van der Waals surface area contributed by atoms with Crippen LogP contribution in [0.4, 0.5) is 5.69 Å². The fourth-order valence-electron chi connectivity index (χ4n) is 4.23. The smallest absolute Gasteiger partial charge is 0.338 e. The predicted octanol–water partition coefficient (Wildman–Crippen LogP) is 3.50. The van der Waals surface area contributed by atoms with Gasteiger partial charge in [0, 0.05) is 6.07 Å². The fraction of sp³-hybridized carbons (Fsp3) is 0.296. The highest BCUT2D eigenvalue weighted by Gasteiger charge is 2.33. The number of hydrogen-bond acceptors (Lipinski definition) is 9. The monoisotopic (exact) mass is 537 g/mol. The predicted molar refractivity (Wildman–Crippen MR) is 142 cm³/mol. The summed E-state index contributed by atoms with van der Waals surface area (Å²) in [5.41, 5.74) is 0.940. The van der Waals surface area contributed by atoms with Crippen molar-refractivity contribution >= 4 is 29.1 Å². The van der Waals surface area contributed by atoms with Crippen molar-refractivity contribution in [3.63, 3.8) is 0 Å². The van der Waals surface area contributed by atoms with Crippen LogP contribution in [0.5, 0.6) is 11.5 Å². The standard InChI is InChI=1S/C27H27N3O7S/c1-5-6-13-37-20-12-11-18(14-21(20)35-3)24-23(26(32)36-4)16(2)28-27-29(24)25(31)22(38-27)15-17-9-7-8-10-19(17)30(33)34/h7-12,14-15,24H,5-6,13H2,1-4H3. The molecule has 0 spiro atoms. The highest BCUT2D eigenvalue weighted by molar-refractivity contribution is 7.07. The van der Waals surface area contributed by atoms with Crippen LogP contribution in [0, 0.1) is 10.1 Å². The molecule has 0 aliphatic carbocycles. The molecule has 0 saturated carbocycles. The zero-order valence-electron chi connectivity index (χ0n) is 21.4. The van der Waals surface area contributed by atoms with E-state index in [0.717, 1.165) is 24.2 Å². The minimum Gasteiger partial charge on any atom is -0.493 e. The first kappa shape index (κ1) is 26.8. The Labute approximate surface area is 222 Å². The number of nitro benzene ring substituents is 1. The molecule has 4 rings (SSSR count). The van der Waals surface area contributed by atoms with Crippen LogP contribution < -0.4 is 24.4 Å². The van der Waals surface area contributed by atoms with E-state index in [9.17, 15) is 19.7 Å². The van der Waals surface area contributed by atoms with Gasteiger partial charge in [-0.15, -0.1) is 0 Å². The van der Waals surface area contributed by atoms with E-state index in [4.69, 9.17) is 14.2 Å². The van der Waals surface area contributed by atoms with Crippen LogP contribution in [0.3, 0.4) is 0 Å². The van der Waals surface area contributed by atoms with Crippen molar-refractivity contribution in [1.82, 2.24) is 4.57 Å². The molecule has 3 aromatic rings. The molecule has 10 nitrogen and oxygen atoms in total. The Bertz CT molecular complexity index is 1600. The lowest BCUT2D eigenvalue weighted by Gasteiger charge is -2.25. The molecule has 1 aromatic heterocycles. The van der Waals surface area contributed by atoms with E-state index in [1.807, 2.05) is 0 Å². The summed E-state index contributed by atoms with van der Waals surface area (Å²) >= 11 is 1.09. The Morgan fingerprint density at radius 2 is 1.97 bits per heavy atom. The number of benzene rings is 2. The minimum absolute atomic E-state index is 0.121. The quantitative estimate of drug-likeness (QED) is 0.177. The van der Waals surface area contributed by atoms with Crippen LogP contribution in [0.15, 0.2) is 63.5 Å². The summed E-state index contributed by atoms with van der Waals surface area (Å²) in [5.74, 6) is 0.389. The second-order valence-corrected chi connectivity index (χ2v) is 9.51. The highest BCUT2D eigenvalue weighted by atomic mass is 32.1. The molecule has 0 N–H and O–H groups in total. The number of thiazole rings is 1. The molecule has 38 heavy (non-hydrogen) atoms. The summed E-state index contributed by atoms with van der Waals surface area (Å²) in [7, 11) is 2.79. The van der Waals surface area contributed by atoms with Crippen LogP contribution >= 0.6 is 11.3 Å². The van der Waals surface area contributed by atoms with E-state index in [1.165, 1.54) is 30.9 Å². The van der Waals surface area contributed by atoms with Crippen molar-refractivity contribution in [3.8, 4) is 11.5 Å². The molecule has 0 fully saturated rings. The number of hydrogen-bond donors (Lipinski definition) is 0. The molecular formula is C27H27N3O7S. The average Bonchev–Trinajstić information content (AvgIpc) is 3.21. The molecule has 0 radical (unpaired) electrons. The van der Waals surface area contributed by atoms with Gasteiger partial charge < -0.3 is 14.2 Å². The van der Waals surface area contributed by atoms with Crippen molar-refractivity contribution in [1.29, 1.82) is 0 Å². The molecule has 0 bridgehead atoms. The van der Waals surface area contributed by atoms with Gasteiger partial charge in [0.25, 0.3) is 11.2 Å². The molecule has 1 aliphatic rings. The topological polar surface area (TPSA) is 122 Å². The third kappa shape index (κ3) is 5.10. The molecule has 0 amide bonds. The van der Waals surface area contributed by atoms with Crippen molar-refractivity contribution in [2.24, 2.45) is 4.99 Å². The van der Waals surface area contributed by atoms with Gasteiger partial charge in [0.1, 0.15) is 0 Å². The maximum atomic E-state index is 13.7. The maximum Gasteiger partial charge on any atom is 0.338 e. The van der Waals surface area contributed by atoms with Crippen molar-refractivity contribution in [3.05, 3.63) is 94.7 Å². The highest BCUT2D eigenvalue weighted by Crippen LogP contribution is 2.36. The first-order valence-electron chi connectivity index (χ1n) is 12.0. The number of nitro groups is 1. The number of rotatable bonds is 9. The lowest BCUT2D eigenvalue weighted by molar-refractivity contribution is -0.385. The molecular weight excluding hydrogens is 510 g/mol. The molecule has 2 heterocycles. The van der Waals surface area contributed by atoms with E-state index in [0.29, 0.717) is 39.7 Å². The summed E-state index contributed by atoms with van der Waals surface area (Å²) in [6.07, 6.45) is 3.34. The number of aromatic nitrogens is 1. The molecule has 1 aliphatic heterocycles. The van der Waals surface area contributed by atoms with Gasteiger partial charge in [-0.25, -0.2) is 9.79 Å². The van der Waals surface area contributed by atoms with Gasteiger partial charge in [-0.2, -0.15) is 0 Å². The number of carbonyl (C=O) groups is 1. The zero-order chi connectivity index (χ0) is 27.4. The van der Waals surface area contributed by atoms with E-state index in [-0.39, 0.29) is 15.8 Å². The average molecular weight is 538 g/mol. The van der Waals surface area contributed by atoms with Gasteiger partial charge in [0.15, 0.2) is 16.3 Å². The molecule has 198 valence electrons. The van der Waals surface area contributed by atoms with Gasteiger partial charge in [0.2, 0.25) is 0 Å². The van der Waals surface area contributed by atoms with E-state index < -0.39 is 22.5 Å². The molecule has 2 aromatic carbocycles.